The van der Waals surface area contributed by atoms with E-state index in [1.807, 2.05) is 6.92 Å². The molecule has 0 aliphatic heterocycles. The molecular formula is C8H11BrN2OS. The molecule has 0 N–H and O–H groups in total. The summed E-state index contributed by atoms with van der Waals surface area (Å²) in [4.78, 5) is 18.1. The largest absolute Gasteiger partial charge is 0.337 e. The zero-order valence-corrected chi connectivity index (χ0v) is 9.77. The highest BCUT2D eigenvalue weighted by Gasteiger charge is 2.14. The monoisotopic (exact) mass is 262 g/mol. The van der Waals surface area contributed by atoms with E-state index in [1.165, 1.54) is 11.3 Å². The van der Waals surface area contributed by atoms with E-state index in [4.69, 9.17) is 0 Å². The highest BCUT2D eigenvalue weighted by Crippen LogP contribution is 2.09. The summed E-state index contributed by atoms with van der Waals surface area (Å²) in [5, 5.41) is 0.811. The lowest BCUT2D eigenvalue weighted by Crippen LogP contribution is -2.31. The number of amides is 1. The number of rotatable bonds is 4. The van der Waals surface area contributed by atoms with Gasteiger partial charge in [-0.25, -0.2) is 0 Å². The van der Waals surface area contributed by atoms with Gasteiger partial charge in [-0.15, -0.1) is 11.3 Å². The maximum absolute atomic E-state index is 11.7. The minimum atomic E-state index is 0.0736. The summed E-state index contributed by atoms with van der Waals surface area (Å²) < 4.78 is 0. The fourth-order valence-corrected chi connectivity index (χ4v) is 2.00. The number of nitrogens with zero attached hydrogens (tertiary/aromatic N) is 2. The third kappa shape index (κ3) is 2.77. The van der Waals surface area contributed by atoms with Gasteiger partial charge in [-0.2, -0.15) is 0 Å². The molecule has 5 heteroatoms. The minimum absolute atomic E-state index is 0.0736. The molecule has 0 aliphatic carbocycles. The van der Waals surface area contributed by atoms with E-state index < -0.39 is 0 Å². The summed E-state index contributed by atoms with van der Waals surface area (Å²) >= 11 is 4.70. The smallest absolute Gasteiger partial charge is 0.265 e. The molecule has 0 atom stereocenters. The first kappa shape index (κ1) is 10.7. The first-order valence-corrected chi connectivity index (χ1v) is 6.03. The number of aromatic nitrogens is 1. The molecule has 13 heavy (non-hydrogen) atoms. The zero-order valence-electron chi connectivity index (χ0n) is 7.36. The van der Waals surface area contributed by atoms with Crippen molar-refractivity contribution in [1.82, 2.24) is 9.88 Å². The summed E-state index contributed by atoms with van der Waals surface area (Å²) in [7, 11) is 0. The predicted molar refractivity (Wildman–Crippen MR) is 57.5 cm³/mol. The maximum atomic E-state index is 11.7. The Morgan fingerprint density at radius 3 is 3.00 bits per heavy atom. The maximum Gasteiger partial charge on any atom is 0.265 e. The number of carbonyl (C=O) groups is 1. The van der Waals surface area contributed by atoms with Crippen LogP contribution < -0.4 is 0 Å². The molecule has 0 unspecified atom stereocenters. The van der Waals surface area contributed by atoms with Crippen LogP contribution in [0.5, 0.6) is 0 Å². The molecule has 72 valence electrons. The molecule has 0 saturated heterocycles. The fraction of sp³-hybridized carbons (Fsp3) is 0.500. The average Bonchev–Trinajstić information content (AvgIpc) is 2.65. The number of halogens is 1. The molecule has 0 fully saturated rings. The molecule has 1 aromatic heterocycles. The number of carbonyl (C=O) groups excluding carboxylic acids is 1. The van der Waals surface area contributed by atoms with Crippen LogP contribution >= 0.6 is 27.3 Å². The van der Waals surface area contributed by atoms with Crippen molar-refractivity contribution in [1.29, 1.82) is 0 Å². The topological polar surface area (TPSA) is 33.2 Å². The van der Waals surface area contributed by atoms with Crippen molar-refractivity contribution in [2.45, 2.75) is 6.92 Å². The molecule has 0 bridgehead atoms. The van der Waals surface area contributed by atoms with Gasteiger partial charge in [-0.05, 0) is 6.92 Å². The van der Waals surface area contributed by atoms with Gasteiger partial charge in [0.05, 0.1) is 11.7 Å². The average molecular weight is 263 g/mol. The Balaban J connectivity index is 2.65. The van der Waals surface area contributed by atoms with E-state index in [0.717, 1.165) is 18.4 Å². The second-order valence-electron chi connectivity index (χ2n) is 2.44. The Bertz CT molecular complexity index is 263. The summed E-state index contributed by atoms with van der Waals surface area (Å²) in [6.45, 7) is 3.46. The summed E-state index contributed by atoms with van der Waals surface area (Å²) in [5.74, 6) is 0.0736. The normalized spacial score (nSPS) is 10.0. The van der Waals surface area contributed by atoms with Crippen molar-refractivity contribution >= 4 is 33.2 Å². The zero-order chi connectivity index (χ0) is 9.68. The van der Waals surface area contributed by atoms with Crippen molar-refractivity contribution in [3.8, 4) is 0 Å². The molecule has 1 rings (SSSR count). The highest BCUT2D eigenvalue weighted by molar-refractivity contribution is 9.09. The van der Waals surface area contributed by atoms with Gasteiger partial charge in [0.2, 0.25) is 0 Å². The molecule has 0 spiro atoms. The molecular weight excluding hydrogens is 252 g/mol. The van der Waals surface area contributed by atoms with Crippen molar-refractivity contribution in [3.63, 3.8) is 0 Å². The molecule has 0 saturated carbocycles. The van der Waals surface area contributed by atoms with Gasteiger partial charge in [-0.1, -0.05) is 15.9 Å². The number of alkyl halides is 1. The molecule has 0 aromatic carbocycles. The van der Waals surface area contributed by atoms with Crippen LogP contribution in [0.3, 0.4) is 0 Å². The molecule has 1 aromatic rings. The van der Waals surface area contributed by atoms with Gasteiger partial charge in [0.1, 0.15) is 4.88 Å². The minimum Gasteiger partial charge on any atom is -0.337 e. The van der Waals surface area contributed by atoms with Gasteiger partial charge in [0.15, 0.2) is 0 Å². The van der Waals surface area contributed by atoms with Crippen molar-refractivity contribution in [2.24, 2.45) is 0 Å². The van der Waals surface area contributed by atoms with Gasteiger partial charge >= 0.3 is 0 Å². The van der Waals surface area contributed by atoms with Gasteiger partial charge in [-0.3, -0.25) is 9.78 Å². The van der Waals surface area contributed by atoms with E-state index in [-0.39, 0.29) is 5.91 Å². The van der Waals surface area contributed by atoms with Crippen LogP contribution in [-0.2, 0) is 0 Å². The van der Waals surface area contributed by atoms with Crippen LogP contribution in [0.25, 0.3) is 0 Å². The van der Waals surface area contributed by atoms with Crippen LogP contribution in [0.4, 0.5) is 0 Å². The third-order valence-corrected chi connectivity index (χ3v) is 2.78. The summed E-state index contributed by atoms with van der Waals surface area (Å²) in [5.41, 5.74) is 1.68. The molecule has 3 nitrogen and oxygen atoms in total. The van der Waals surface area contributed by atoms with E-state index in [1.54, 1.807) is 16.6 Å². The second kappa shape index (κ2) is 5.34. The molecule has 0 aliphatic rings. The van der Waals surface area contributed by atoms with Crippen LogP contribution in [0.1, 0.15) is 16.6 Å². The lowest BCUT2D eigenvalue weighted by atomic mass is 10.4. The van der Waals surface area contributed by atoms with Crippen LogP contribution in [-0.4, -0.2) is 34.2 Å². The Morgan fingerprint density at radius 2 is 2.54 bits per heavy atom. The lowest BCUT2D eigenvalue weighted by Gasteiger charge is -2.18. The molecule has 1 amide bonds. The molecule has 0 radical (unpaired) electrons. The van der Waals surface area contributed by atoms with E-state index in [9.17, 15) is 4.79 Å². The standard InChI is InChI=1S/C8H11BrN2OS/c1-2-11(4-3-9)8(12)7-5-10-6-13-7/h5-6H,2-4H2,1H3. The third-order valence-electron chi connectivity index (χ3n) is 1.67. The van der Waals surface area contributed by atoms with Crippen molar-refractivity contribution < 1.29 is 4.79 Å². The van der Waals surface area contributed by atoms with Gasteiger partial charge < -0.3 is 4.90 Å². The van der Waals surface area contributed by atoms with Crippen molar-refractivity contribution in [2.75, 3.05) is 18.4 Å². The lowest BCUT2D eigenvalue weighted by molar-refractivity contribution is 0.0779. The van der Waals surface area contributed by atoms with E-state index in [0.29, 0.717) is 4.88 Å². The Morgan fingerprint density at radius 1 is 1.77 bits per heavy atom. The van der Waals surface area contributed by atoms with Crippen LogP contribution in [0, 0.1) is 0 Å². The summed E-state index contributed by atoms with van der Waals surface area (Å²) in [6.07, 6.45) is 1.61. The Hall–Kier alpha value is -0.420. The van der Waals surface area contributed by atoms with Crippen LogP contribution in [0.2, 0.25) is 0 Å². The SMILES string of the molecule is CCN(CCBr)C(=O)c1cncs1. The Kier molecular flexibility index (Phi) is 4.38. The van der Waals surface area contributed by atoms with E-state index in [2.05, 4.69) is 20.9 Å². The number of thiazole rings is 1. The van der Waals surface area contributed by atoms with Crippen molar-refractivity contribution in [3.05, 3.63) is 16.6 Å². The number of hydrogen-bond acceptors (Lipinski definition) is 3. The Labute approximate surface area is 89.9 Å². The van der Waals surface area contributed by atoms with Gasteiger partial charge in [0, 0.05) is 18.4 Å². The van der Waals surface area contributed by atoms with Crippen LogP contribution in [0.15, 0.2) is 11.7 Å². The molecule has 1 heterocycles. The first-order chi connectivity index (χ1) is 6.29. The fourth-order valence-electron chi connectivity index (χ4n) is 0.983. The van der Waals surface area contributed by atoms with E-state index >= 15 is 0 Å². The highest BCUT2D eigenvalue weighted by atomic mass is 79.9. The predicted octanol–water partition coefficient (Wildman–Crippen LogP) is 2.00. The number of hydrogen-bond donors (Lipinski definition) is 0. The summed E-state index contributed by atoms with van der Waals surface area (Å²) in [6, 6.07) is 0. The quantitative estimate of drug-likeness (QED) is 0.778. The second-order valence-corrected chi connectivity index (χ2v) is 4.12. The van der Waals surface area contributed by atoms with Gasteiger partial charge in [0.25, 0.3) is 5.91 Å². The first-order valence-electron chi connectivity index (χ1n) is 4.03.